The van der Waals surface area contributed by atoms with Crippen molar-refractivity contribution in [3.63, 3.8) is 0 Å². The Hall–Kier alpha value is -1.56. The minimum Gasteiger partial charge on any atom is -0.383 e. The van der Waals surface area contributed by atoms with Crippen LogP contribution in [0.2, 0.25) is 0 Å². The van der Waals surface area contributed by atoms with E-state index in [-0.39, 0.29) is 5.69 Å². The van der Waals surface area contributed by atoms with Crippen LogP contribution in [0.1, 0.15) is 30.3 Å². The molecule has 0 aliphatic heterocycles. The monoisotopic (exact) mass is 197 g/mol. The Morgan fingerprint density at radius 2 is 2.43 bits per heavy atom. The maximum Gasteiger partial charge on any atom is 0.287 e. The molecule has 5 N–H and O–H groups in total. The van der Waals surface area contributed by atoms with Crippen LogP contribution in [0.3, 0.4) is 0 Å². The largest absolute Gasteiger partial charge is 0.383 e. The third kappa shape index (κ3) is 2.02. The minimum atomic E-state index is -0.460. The Bertz CT molecular complexity index is 320. The lowest BCUT2D eigenvalue weighted by atomic mass is 10.3. The van der Waals surface area contributed by atoms with Crippen molar-refractivity contribution in [1.82, 2.24) is 15.0 Å². The van der Waals surface area contributed by atoms with Crippen LogP contribution in [0.15, 0.2) is 6.33 Å². The lowest BCUT2D eigenvalue weighted by molar-refractivity contribution is 0.0950. The Morgan fingerprint density at radius 1 is 1.71 bits per heavy atom. The van der Waals surface area contributed by atoms with E-state index in [1.54, 1.807) is 10.9 Å². The predicted molar refractivity (Wildman–Crippen MR) is 53.2 cm³/mol. The highest BCUT2D eigenvalue weighted by molar-refractivity contribution is 5.96. The van der Waals surface area contributed by atoms with Crippen molar-refractivity contribution in [2.45, 2.75) is 26.3 Å². The molecule has 0 aliphatic rings. The summed E-state index contributed by atoms with van der Waals surface area (Å²) in [7, 11) is 0. The second-order valence-corrected chi connectivity index (χ2v) is 3.00. The Morgan fingerprint density at radius 3 is 3.00 bits per heavy atom. The van der Waals surface area contributed by atoms with E-state index in [2.05, 4.69) is 11.9 Å². The van der Waals surface area contributed by atoms with Crippen LogP contribution >= 0.6 is 0 Å². The van der Waals surface area contributed by atoms with Gasteiger partial charge in [0.1, 0.15) is 5.82 Å². The molecule has 1 heterocycles. The second kappa shape index (κ2) is 4.61. The molecule has 0 radical (unpaired) electrons. The molecule has 0 fully saturated rings. The molecule has 0 aliphatic carbocycles. The molecular weight excluding hydrogens is 182 g/mol. The van der Waals surface area contributed by atoms with Crippen LogP contribution in [0.25, 0.3) is 0 Å². The predicted octanol–water partition coefficient (Wildman–Crippen LogP) is -0.131. The van der Waals surface area contributed by atoms with Gasteiger partial charge < -0.3 is 10.3 Å². The van der Waals surface area contributed by atoms with E-state index in [4.69, 9.17) is 11.6 Å². The topological polar surface area (TPSA) is 99.0 Å². The normalized spacial score (nSPS) is 10.1. The summed E-state index contributed by atoms with van der Waals surface area (Å²) in [5.41, 5.74) is 7.89. The fraction of sp³-hybridized carbons (Fsp3) is 0.500. The number of nitrogen functional groups attached to an aromatic ring is 2. The molecule has 0 unspecified atom stereocenters. The Labute approximate surface area is 82.3 Å². The molecule has 6 heteroatoms. The van der Waals surface area contributed by atoms with Crippen LogP contribution < -0.4 is 17.0 Å². The number of imidazole rings is 1. The molecule has 1 amide bonds. The number of nitrogens with zero attached hydrogens (tertiary/aromatic N) is 2. The van der Waals surface area contributed by atoms with Crippen molar-refractivity contribution < 1.29 is 4.79 Å². The molecule has 0 aromatic carbocycles. The number of aromatic nitrogens is 2. The summed E-state index contributed by atoms with van der Waals surface area (Å²) in [6.45, 7) is 2.85. The number of hydrazine groups is 1. The second-order valence-electron chi connectivity index (χ2n) is 3.00. The van der Waals surface area contributed by atoms with Crippen molar-refractivity contribution >= 4 is 11.7 Å². The first kappa shape index (κ1) is 10.5. The molecule has 78 valence electrons. The SMILES string of the molecule is CCCCn1cnc(C(=O)NN)c1N. The number of hydrogen-bond acceptors (Lipinski definition) is 4. The summed E-state index contributed by atoms with van der Waals surface area (Å²) >= 11 is 0. The van der Waals surface area contributed by atoms with Crippen LogP contribution in [-0.4, -0.2) is 15.5 Å². The van der Waals surface area contributed by atoms with E-state index < -0.39 is 5.91 Å². The molecule has 1 rings (SSSR count). The molecular formula is C8H15N5O. The first-order valence-electron chi connectivity index (χ1n) is 4.52. The number of hydrogen-bond donors (Lipinski definition) is 3. The van der Waals surface area contributed by atoms with Gasteiger partial charge in [0, 0.05) is 6.54 Å². The van der Waals surface area contributed by atoms with Crippen molar-refractivity contribution in [3.05, 3.63) is 12.0 Å². The average Bonchev–Trinajstić information content (AvgIpc) is 2.56. The van der Waals surface area contributed by atoms with Gasteiger partial charge in [-0.25, -0.2) is 10.8 Å². The molecule has 1 aromatic rings. The number of aryl methyl sites for hydroxylation is 1. The number of rotatable bonds is 4. The number of carbonyl (C=O) groups is 1. The third-order valence-electron chi connectivity index (χ3n) is 1.98. The van der Waals surface area contributed by atoms with E-state index in [0.29, 0.717) is 5.82 Å². The van der Waals surface area contributed by atoms with Gasteiger partial charge in [0.05, 0.1) is 6.33 Å². The van der Waals surface area contributed by atoms with Crippen LogP contribution in [-0.2, 0) is 6.54 Å². The van der Waals surface area contributed by atoms with Gasteiger partial charge in [-0.1, -0.05) is 13.3 Å². The molecule has 0 bridgehead atoms. The molecule has 0 spiro atoms. The van der Waals surface area contributed by atoms with E-state index in [0.717, 1.165) is 19.4 Å². The maximum absolute atomic E-state index is 11.1. The van der Waals surface area contributed by atoms with Crippen molar-refractivity contribution in [3.8, 4) is 0 Å². The van der Waals surface area contributed by atoms with Gasteiger partial charge in [0.15, 0.2) is 5.69 Å². The zero-order chi connectivity index (χ0) is 10.6. The molecule has 1 aromatic heterocycles. The summed E-state index contributed by atoms with van der Waals surface area (Å²) in [5, 5.41) is 0. The highest BCUT2D eigenvalue weighted by Gasteiger charge is 2.13. The van der Waals surface area contributed by atoms with Gasteiger partial charge in [-0.15, -0.1) is 0 Å². The smallest absolute Gasteiger partial charge is 0.287 e. The van der Waals surface area contributed by atoms with Crippen molar-refractivity contribution in [2.24, 2.45) is 5.84 Å². The first-order valence-corrected chi connectivity index (χ1v) is 4.52. The lowest BCUT2D eigenvalue weighted by Gasteiger charge is -2.03. The average molecular weight is 197 g/mol. The summed E-state index contributed by atoms with van der Waals surface area (Å²) < 4.78 is 1.74. The van der Waals surface area contributed by atoms with Gasteiger partial charge in [-0.3, -0.25) is 10.2 Å². The molecule has 6 nitrogen and oxygen atoms in total. The number of nitrogens with one attached hydrogen (secondary N) is 1. The fourth-order valence-electron chi connectivity index (χ4n) is 1.14. The molecule has 14 heavy (non-hydrogen) atoms. The molecule has 0 saturated carbocycles. The Balaban J connectivity index is 2.80. The highest BCUT2D eigenvalue weighted by Crippen LogP contribution is 2.10. The van der Waals surface area contributed by atoms with Crippen LogP contribution in [0.5, 0.6) is 0 Å². The summed E-state index contributed by atoms with van der Waals surface area (Å²) in [6, 6.07) is 0. The molecule has 0 saturated heterocycles. The van der Waals surface area contributed by atoms with E-state index in [9.17, 15) is 4.79 Å². The van der Waals surface area contributed by atoms with Crippen molar-refractivity contribution in [1.29, 1.82) is 0 Å². The zero-order valence-electron chi connectivity index (χ0n) is 8.16. The van der Waals surface area contributed by atoms with Gasteiger partial charge >= 0.3 is 0 Å². The lowest BCUT2D eigenvalue weighted by Crippen LogP contribution is -2.31. The zero-order valence-corrected chi connectivity index (χ0v) is 8.16. The maximum atomic E-state index is 11.1. The number of amides is 1. The van der Waals surface area contributed by atoms with Crippen LogP contribution in [0.4, 0.5) is 5.82 Å². The highest BCUT2D eigenvalue weighted by atomic mass is 16.2. The van der Waals surface area contributed by atoms with Gasteiger partial charge in [0.2, 0.25) is 0 Å². The number of carbonyl (C=O) groups excluding carboxylic acids is 1. The summed E-state index contributed by atoms with van der Waals surface area (Å²) in [6.07, 6.45) is 3.62. The number of anilines is 1. The summed E-state index contributed by atoms with van der Waals surface area (Å²) in [5.74, 6) is 4.88. The van der Waals surface area contributed by atoms with Gasteiger partial charge in [-0.2, -0.15) is 0 Å². The standard InChI is InChI=1S/C8H15N5O/c1-2-3-4-13-5-11-6(7(13)9)8(14)12-10/h5H,2-4,9-10H2,1H3,(H,12,14). The first-order chi connectivity index (χ1) is 6.70. The van der Waals surface area contributed by atoms with Gasteiger partial charge in [-0.05, 0) is 6.42 Å². The van der Waals surface area contributed by atoms with E-state index >= 15 is 0 Å². The summed E-state index contributed by atoms with van der Waals surface area (Å²) in [4.78, 5) is 15.0. The number of unbranched alkanes of at least 4 members (excludes halogenated alkanes) is 1. The van der Waals surface area contributed by atoms with E-state index in [1.165, 1.54) is 0 Å². The number of nitrogens with two attached hydrogens (primary N) is 2. The van der Waals surface area contributed by atoms with Crippen LogP contribution in [0, 0.1) is 0 Å². The van der Waals surface area contributed by atoms with Gasteiger partial charge in [0.25, 0.3) is 5.91 Å². The van der Waals surface area contributed by atoms with Crippen molar-refractivity contribution in [2.75, 3.05) is 5.73 Å². The Kier molecular flexibility index (Phi) is 3.47. The van der Waals surface area contributed by atoms with E-state index in [1.807, 2.05) is 5.43 Å². The molecule has 0 atom stereocenters. The third-order valence-corrected chi connectivity index (χ3v) is 1.98. The fourth-order valence-corrected chi connectivity index (χ4v) is 1.14. The quantitative estimate of drug-likeness (QED) is 0.355. The minimum absolute atomic E-state index is 0.184.